The van der Waals surface area contributed by atoms with E-state index < -0.39 is 6.10 Å². The number of aldehydes is 1. The van der Waals surface area contributed by atoms with Crippen LogP contribution in [0.3, 0.4) is 0 Å². The molecule has 6 nitrogen and oxygen atoms in total. The summed E-state index contributed by atoms with van der Waals surface area (Å²) in [6, 6.07) is 0. The molecule has 0 saturated heterocycles. The molecular weight excluding hydrogens is 456 g/mol. The molecule has 0 bridgehead atoms. The molecule has 1 aromatic rings. The first-order chi connectivity index (χ1) is 15.9. The summed E-state index contributed by atoms with van der Waals surface area (Å²) in [7, 11) is 0. The monoisotopic (exact) mass is 492 g/mol. The van der Waals surface area contributed by atoms with Crippen LogP contribution in [0, 0.1) is 24.2 Å². The van der Waals surface area contributed by atoms with E-state index in [9.17, 15) is 24.6 Å². The van der Waals surface area contributed by atoms with Crippen LogP contribution in [-0.2, 0) is 20.7 Å². The van der Waals surface area contributed by atoms with Crippen molar-refractivity contribution < 1.29 is 29.3 Å². The summed E-state index contributed by atoms with van der Waals surface area (Å²) in [6.07, 6.45) is 4.62. The van der Waals surface area contributed by atoms with Crippen molar-refractivity contribution >= 4 is 29.6 Å². The Morgan fingerprint density at radius 1 is 1.29 bits per heavy atom. The number of benzene rings is 1. The van der Waals surface area contributed by atoms with Crippen molar-refractivity contribution in [2.24, 2.45) is 17.3 Å². The van der Waals surface area contributed by atoms with Gasteiger partial charge in [0.25, 0.3) is 0 Å². The number of hydrogen-bond acceptors (Lipinski definition) is 6. The van der Waals surface area contributed by atoms with Crippen molar-refractivity contribution in [1.29, 1.82) is 0 Å². The number of halogens is 1. The molecule has 0 heterocycles. The van der Waals surface area contributed by atoms with Gasteiger partial charge < -0.3 is 14.9 Å². The second kappa shape index (κ2) is 11.4. The molecule has 1 fully saturated rings. The molecule has 0 radical (unpaired) electrons. The predicted octanol–water partition coefficient (Wildman–Crippen LogP) is 6.10. The summed E-state index contributed by atoms with van der Waals surface area (Å²) in [5, 5.41) is 21.0. The Labute approximate surface area is 207 Å². The van der Waals surface area contributed by atoms with Gasteiger partial charge in [-0.15, -0.1) is 0 Å². The fraction of sp³-hybridized carbons (Fsp3) is 0.593. The van der Waals surface area contributed by atoms with Crippen molar-refractivity contribution in [2.75, 3.05) is 0 Å². The molecular formula is C27H37ClO6. The summed E-state index contributed by atoms with van der Waals surface area (Å²) >= 11 is 6.17. The molecule has 0 aromatic heterocycles. The zero-order chi connectivity index (χ0) is 25.8. The van der Waals surface area contributed by atoms with E-state index in [4.69, 9.17) is 16.3 Å². The van der Waals surface area contributed by atoms with Crippen LogP contribution in [0.15, 0.2) is 11.6 Å². The molecule has 2 N–H and O–H groups in total. The number of aromatic hydroxyl groups is 2. The molecule has 4 atom stereocenters. The van der Waals surface area contributed by atoms with Crippen LogP contribution < -0.4 is 0 Å². The van der Waals surface area contributed by atoms with Gasteiger partial charge in [-0.3, -0.25) is 14.4 Å². The van der Waals surface area contributed by atoms with Crippen LogP contribution in [-0.4, -0.2) is 34.4 Å². The van der Waals surface area contributed by atoms with E-state index in [1.54, 1.807) is 13.0 Å². The number of ether oxygens (including phenoxy) is 1. The standard InChI is InChI=1S/C27H37ClO6/c1-7-8-23(31)34-22(13-27(6)16(3)10-12-21(30)18(27)5)15(2)9-11-19-25(32)20(14-29)17(4)24(28)26(19)33/h9,14,16,18,22,32-33H,7-8,10-13H2,1-6H3/b15-9+/t16-,18+,22?,27+/m1/s1. The van der Waals surface area contributed by atoms with Gasteiger partial charge in [-0.25, -0.2) is 0 Å². The number of phenols is 2. The minimum absolute atomic E-state index is 0.0164. The third-order valence-corrected chi connectivity index (χ3v) is 8.26. The molecule has 1 unspecified atom stereocenters. The zero-order valence-corrected chi connectivity index (χ0v) is 21.8. The summed E-state index contributed by atoms with van der Waals surface area (Å²) in [4.78, 5) is 36.4. The highest BCUT2D eigenvalue weighted by atomic mass is 35.5. The normalized spacial score (nSPS) is 24.1. The average Bonchev–Trinajstić information content (AvgIpc) is 2.79. The first-order valence-electron chi connectivity index (χ1n) is 12.0. The minimum atomic E-state index is -0.560. The maximum Gasteiger partial charge on any atom is 0.306 e. The molecule has 188 valence electrons. The Balaban J connectivity index is 2.42. The van der Waals surface area contributed by atoms with Crippen LogP contribution >= 0.6 is 11.6 Å². The van der Waals surface area contributed by atoms with Crippen molar-refractivity contribution in [3.05, 3.63) is 33.4 Å². The fourth-order valence-electron chi connectivity index (χ4n) is 4.81. The highest BCUT2D eigenvalue weighted by Gasteiger charge is 2.45. The molecule has 2 rings (SSSR count). The molecule has 1 aliphatic carbocycles. The van der Waals surface area contributed by atoms with Crippen molar-refractivity contribution in [3.8, 4) is 11.5 Å². The van der Waals surface area contributed by atoms with Gasteiger partial charge in [0.1, 0.15) is 23.4 Å². The Morgan fingerprint density at radius 2 is 1.94 bits per heavy atom. The number of hydrogen-bond donors (Lipinski definition) is 2. The van der Waals surface area contributed by atoms with Gasteiger partial charge in [-0.05, 0) is 62.0 Å². The lowest BCUT2D eigenvalue weighted by Gasteiger charge is -2.45. The lowest BCUT2D eigenvalue weighted by Crippen LogP contribution is -2.44. The first kappa shape index (κ1) is 27.9. The van der Waals surface area contributed by atoms with Gasteiger partial charge in [0, 0.05) is 24.3 Å². The van der Waals surface area contributed by atoms with Gasteiger partial charge in [0.15, 0.2) is 6.29 Å². The maximum atomic E-state index is 12.5. The first-order valence-corrected chi connectivity index (χ1v) is 12.3. The zero-order valence-electron chi connectivity index (χ0n) is 21.0. The van der Waals surface area contributed by atoms with Crippen molar-refractivity contribution in [2.45, 2.75) is 86.2 Å². The Bertz CT molecular complexity index is 982. The second-order valence-electron chi connectivity index (χ2n) is 9.86. The van der Waals surface area contributed by atoms with E-state index in [0.29, 0.717) is 37.5 Å². The van der Waals surface area contributed by atoms with Crippen LogP contribution in [0.25, 0.3) is 0 Å². The van der Waals surface area contributed by atoms with E-state index in [1.807, 2.05) is 20.8 Å². The lowest BCUT2D eigenvalue weighted by molar-refractivity contribution is -0.150. The van der Waals surface area contributed by atoms with Crippen LogP contribution in [0.1, 0.15) is 88.2 Å². The minimum Gasteiger partial charge on any atom is -0.507 e. The molecule has 1 aliphatic rings. The van der Waals surface area contributed by atoms with Gasteiger partial charge >= 0.3 is 5.97 Å². The van der Waals surface area contributed by atoms with Gasteiger partial charge in [0.2, 0.25) is 0 Å². The number of Topliss-reactive ketones (excluding diaryl/α,β-unsaturated/α-hetero) is 1. The summed E-state index contributed by atoms with van der Waals surface area (Å²) in [5.74, 6) is -0.553. The highest BCUT2D eigenvalue weighted by Crippen LogP contribution is 2.48. The molecule has 0 amide bonds. The average molecular weight is 493 g/mol. The van der Waals surface area contributed by atoms with E-state index in [2.05, 4.69) is 13.8 Å². The van der Waals surface area contributed by atoms with Gasteiger partial charge in [-0.2, -0.15) is 0 Å². The number of rotatable bonds is 9. The van der Waals surface area contributed by atoms with Crippen LogP contribution in [0.5, 0.6) is 11.5 Å². The van der Waals surface area contributed by atoms with E-state index in [-0.39, 0.29) is 63.1 Å². The van der Waals surface area contributed by atoms with Gasteiger partial charge in [0.05, 0.1) is 10.6 Å². The van der Waals surface area contributed by atoms with E-state index in [0.717, 1.165) is 12.0 Å². The summed E-state index contributed by atoms with van der Waals surface area (Å²) in [6.45, 7) is 11.5. The number of phenolic OH excluding ortho intramolecular Hbond substituents is 2. The third-order valence-electron chi connectivity index (χ3n) is 7.80. The summed E-state index contributed by atoms with van der Waals surface area (Å²) in [5.41, 5.74) is 0.873. The number of ketones is 1. The van der Waals surface area contributed by atoms with Crippen LogP contribution in [0.4, 0.5) is 0 Å². The van der Waals surface area contributed by atoms with Crippen molar-refractivity contribution in [3.63, 3.8) is 0 Å². The fourth-order valence-corrected chi connectivity index (χ4v) is 5.02. The SMILES string of the molecule is CCCC(=O)OC(C[C@@]1(C)[C@H](C)CCC(=O)[C@@H]1C)/C(C)=C/Cc1c(O)c(Cl)c(C)c(C=O)c1O. The second-order valence-corrected chi connectivity index (χ2v) is 10.2. The predicted molar refractivity (Wildman–Crippen MR) is 132 cm³/mol. The quantitative estimate of drug-likeness (QED) is 0.245. The number of esters is 1. The van der Waals surface area contributed by atoms with E-state index in [1.165, 1.54) is 0 Å². The Hall–Kier alpha value is -2.34. The third kappa shape index (κ3) is 5.65. The topological polar surface area (TPSA) is 101 Å². The molecule has 1 saturated carbocycles. The smallest absolute Gasteiger partial charge is 0.306 e. The molecule has 7 heteroatoms. The van der Waals surface area contributed by atoms with Crippen molar-refractivity contribution in [1.82, 2.24) is 0 Å². The number of carbonyl (C=O) groups excluding carboxylic acids is 3. The van der Waals surface area contributed by atoms with Crippen LogP contribution in [0.2, 0.25) is 5.02 Å². The molecule has 1 aromatic carbocycles. The maximum absolute atomic E-state index is 12.5. The number of allylic oxidation sites excluding steroid dienone is 1. The molecule has 34 heavy (non-hydrogen) atoms. The van der Waals surface area contributed by atoms with E-state index >= 15 is 0 Å². The Kier molecular flexibility index (Phi) is 9.35. The molecule has 0 aliphatic heterocycles. The molecule has 0 spiro atoms. The largest absolute Gasteiger partial charge is 0.507 e. The number of carbonyl (C=O) groups is 3. The lowest BCUT2D eigenvalue weighted by atomic mass is 9.59. The Morgan fingerprint density at radius 3 is 2.53 bits per heavy atom. The van der Waals surface area contributed by atoms with Gasteiger partial charge in [-0.1, -0.05) is 45.4 Å². The summed E-state index contributed by atoms with van der Waals surface area (Å²) < 4.78 is 5.86. The highest BCUT2D eigenvalue weighted by molar-refractivity contribution is 6.33.